The van der Waals surface area contributed by atoms with Crippen molar-refractivity contribution in [3.8, 4) is 0 Å². The van der Waals surface area contributed by atoms with Crippen LogP contribution in [0, 0.1) is 0 Å². The average Bonchev–Trinajstić information content (AvgIpc) is 2.26. The lowest BCUT2D eigenvalue weighted by Crippen LogP contribution is -2.27. The van der Waals surface area contributed by atoms with E-state index >= 15 is 0 Å². The molecule has 0 saturated heterocycles. The number of hydrogen-bond donors (Lipinski definition) is 1. The van der Waals surface area contributed by atoms with Crippen LogP contribution in [0.5, 0.6) is 0 Å². The Kier molecular flexibility index (Phi) is 4.91. The quantitative estimate of drug-likeness (QED) is 0.886. The van der Waals surface area contributed by atoms with Gasteiger partial charge in [-0.3, -0.25) is 4.79 Å². The summed E-state index contributed by atoms with van der Waals surface area (Å²) in [5.41, 5.74) is 1.74. The Hall–Kier alpha value is -1.35. The minimum atomic E-state index is -0.295. The molecule has 18 heavy (non-hydrogen) atoms. The third kappa shape index (κ3) is 5.32. The summed E-state index contributed by atoms with van der Waals surface area (Å²) in [6.07, 6.45) is 0. The summed E-state index contributed by atoms with van der Waals surface area (Å²) < 4.78 is 5.43. The molecule has 0 fully saturated rings. The maximum absolute atomic E-state index is 11.7. The Morgan fingerprint density at radius 2 is 2.00 bits per heavy atom. The van der Waals surface area contributed by atoms with Crippen molar-refractivity contribution in [1.29, 1.82) is 0 Å². The van der Waals surface area contributed by atoms with Crippen LogP contribution >= 0.6 is 0 Å². The van der Waals surface area contributed by atoms with Gasteiger partial charge in [-0.2, -0.15) is 0 Å². The summed E-state index contributed by atoms with van der Waals surface area (Å²) in [5, 5.41) is 2.85. The van der Waals surface area contributed by atoms with Gasteiger partial charge in [0.15, 0.2) is 0 Å². The minimum Gasteiger partial charge on any atom is -0.366 e. The zero-order valence-corrected chi connectivity index (χ0v) is 11.9. The van der Waals surface area contributed by atoms with Gasteiger partial charge in [0.2, 0.25) is 5.91 Å². The second-order valence-corrected chi connectivity index (χ2v) is 5.73. The van der Waals surface area contributed by atoms with E-state index in [0.717, 1.165) is 5.69 Å². The monoisotopic (exact) mass is 249 g/mol. The third-order valence-corrected chi connectivity index (χ3v) is 2.47. The first-order valence-corrected chi connectivity index (χ1v) is 6.32. The summed E-state index contributed by atoms with van der Waals surface area (Å²) in [4.78, 5) is 11.7. The van der Waals surface area contributed by atoms with Gasteiger partial charge in [-0.05, 0) is 44.4 Å². The SMILES string of the molecule is CC(C)c1cccc(NC(=O)COC(C)(C)C)c1. The smallest absolute Gasteiger partial charge is 0.250 e. The molecule has 100 valence electrons. The Morgan fingerprint density at radius 3 is 2.56 bits per heavy atom. The molecular formula is C15H23NO2. The highest BCUT2D eigenvalue weighted by Gasteiger charge is 2.13. The van der Waals surface area contributed by atoms with Gasteiger partial charge >= 0.3 is 0 Å². The number of carbonyl (C=O) groups excluding carboxylic acids is 1. The molecule has 3 heteroatoms. The topological polar surface area (TPSA) is 38.3 Å². The summed E-state index contributed by atoms with van der Waals surface area (Å²) in [6.45, 7) is 10.1. The van der Waals surface area contributed by atoms with Gasteiger partial charge in [0.25, 0.3) is 0 Å². The number of carbonyl (C=O) groups is 1. The van der Waals surface area contributed by atoms with E-state index in [4.69, 9.17) is 4.74 Å². The van der Waals surface area contributed by atoms with Crippen molar-refractivity contribution >= 4 is 11.6 Å². The predicted octanol–water partition coefficient (Wildman–Crippen LogP) is 3.56. The molecule has 1 aromatic rings. The lowest BCUT2D eigenvalue weighted by Gasteiger charge is -2.19. The number of anilines is 1. The van der Waals surface area contributed by atoms with E-state index in [2.05, 4.69) is 25.2 Å². The lowest BCUT2D eigenvalue weighted by atomic mass is 10.0. The molecule has 0 bridgehead atoms. The Balaban J connectivity index is 2.57. The number of rotatable bonds is 4. The molecule has 1 aromatic carbocycles. The first-order valence-electron chi connectivity index (χ1n) is 6.32. The maximum atomic E-state index is 11.7. The number of nitrogens with one attached hydrogen (secondary N) is 1. The fourth-order valence-electron chi connectivity index (χ4n) is 1.45. The van der Waals surface area contributed by atoms with E-state index in [1.807, 2.05) is 39.0 Å². The van der Waals surface area contributed by atoms with Gasteiger partial charge in [0.05, 0.1) is 5.60 Å². The minimum absolute atomic E-state index is 0.0788. The molecule has 0 aromatic heterocycles. The fraction of sp³-hybridized carbons (Fsp3) is 0.533. The molecule has 0 unspecified atom stereocenters. The van der Waals surface area contributed by atoms with Crippen LogP contribution in [0.1, 0.15) is 46.1 Å². The van der Waals surface area contributed by atoms with E-state index < -0.39 is 0 Å². The van der Waals surface area contributed by atoms with Crippen molar-refractivity contribution in [1.82, 2.24) is 0 Å². The zero-order chi connectivity index (χ0) is 13.8. The predicted molar refractivity (Wildman–Crippen MR) is 74.9 cm³/mol. The van der Waals surface area contributed by atoms with Gasteiger partial charge in [-0.25, -0.2) is 0 Å². The first-order chi connectivity index (χ1) is 8.28. The molecule has 1 amide bonds. The van der Waals surface area contributed by atoms with Crippen molar-refractivity contribution < 1.29 is 9.53 Å². The Bertz CT molecular complexity index is 405. The third-order valence-electron chi connectivity index (χ3n) is 2.47. The van der Waals surface area contributed by atoms with E-state index in [-0.39, 0.29) is 18.1 Å². The summed E-state index contributed by atoms with van der Waals surface area (Å²) >= 11 is 0. The molecule has 1 rings (SSSR count). The normalized spacial score (nSPS) is 11.7. The highest BCUT2D eigenvalue weighted by atomic mass is 16.5. The second-order valence-electron chi connectivity index (χ2n) is 5.73. The maximum Gasteiger partial charge on any atom is 0.250 e. The van der Waals surface area contributed by atoms with Crippen LogP contribution in [-0.2, 0) is 9.53 Å². The summed E-state index contributed by atoms with van der Waals surface area (Å²) in [5.74, 6) is 0.332. The van der Waals surface area contributed by atoms with Crippen LogP contribution in [0.2, 0.25) is 0 Å². The summed E-state index contributed by atoms with van der Waals surface area (Å²) in [6, 6.07) is 7.90. The Labute approximate surface area is 110 Å². The van der Waals surface area contributed by atoms with Gasteiger partial charge in [0, 0.05) is 5.69 Å². The molecule has 0 atom stereocenters. The van der Waals surface area contributed by atoms with E-state index in [0.29, 0.717) is 5.92 Å². The molecule has 0 spiro atoms. The molecular weight excluding hydrogens is 226 g/mol. The Morgan fingerprint density at radius 1 is 1.33 bits per heavy atom. The van der Waals surface area contributed by atoms with E-state index in [1.54, 1.807) is 0 Å². The average molecular weight is 249 g/mol. The molecule has 0 saturated carbocycles. The van der Waals surface area contributed by atoms with Crippen LogP contribution in [0.4, 0.5) is 5.69 Å². The molecule has 0 radical (unpaired) electrons. The van der Waals surface area contributed by atoms with Crippen LogP contribution in [-0.4, -0.2) is 18.1 Å². The van der Waals surface area contributed by atoms with Crippen molar-refractivity contribution in [2.75, 3.05) is 11.9 Å². The van der Waals surface area contributed by atoms with Crippen LogP contribution in [0.15, 0.2) is 24.3 Å². The molecule has 0 aliphatic carbocycles. The van der Waals surface area contributed by atoms with Gasteiger partial charge < -0.3 is 10.1 Å². The highest BCUT2D eigenvalue weighted by Crippen LogP contribution is 2.18. The van der Waals surface area contributed by atoms with Crippen molar-refractivity contribution in [2.24, 2.45) is 0 Å². The van der Waals surface area contributed by atoms with E-state index in [9.17, 15) is 4.79 Å². The standard InChI is InChI=1S/C15H23NO2/c1-11(2)12-7-6-8-13(9-12)16-14(17)10-18-15(3,4)5/h6-9,11H,10H2,1-5H3,(H,16,17). The van der Waals surface area contributed by atoms with Gasteiger partial charge in [-0.15, -0.1) is 0 Å². The van der Waals surface area contributed by atoms with Crippen molar-refractivity contribution in [2.45, 2.75) is 46.1 Å². The molecule has 0 aliphatic rings. The van der Waals surface area contributed by atoms with Gasteiger partial charge in [0.1, 0.15) is 6.61 Å². The van der Waals surface area contributed by atoms with Crippen molar-refractivity contribution in [3.63, 3.8) is 0 Å². The lowest BCUT2D eigenvalue weighted by molar-refractivity contribution is -0.125. The number of benzene rings is 1. The van der Waals surface area contributed by atoms with Crippen LogP contribution in [0.3, 0.4) is 0 Å². The summed E-state index contributed by atoms with van der Waals surface area (Å²) in [7, 11) is 0. The molecule has 0 aliphatic heterocycles. The van der Waals surface area contributed by atoms with Gasteiger partial charge in [-0.1, -0.05) is 26.0 Å². The number of hydrogen-bond acceptors (Lipinski definition) is 2. The molecule has 3 nitrogen and oxygen atoms in total. The van der Waals surface area contributed by atoms with Crippen LogP contribution in [0.25, 0.3) is 0 Å². The van der Waals surface area contributed by atoms with E-state index in [1.165, 1.54) is 5.56 Å². The first kappa shape index (κ1) is 14.7. The largest absolute Gasteiger partial charge is 0.366 e. The second kappa shape index (κ2) is 6.01. The number of amides is 1. The zero-order valence-electron chi connectivity index (χ0n) is 11.9. The highest BCUT2D eigenvalue weighted by molar-refractivity contribution is 5.91. The van der Waals surface area contributed by atoms with Crippen molar-refractivity contribution in [3.05, 3.63) is 29.8 Å². The van der Waals surface area contributed by atoms with Crippen LogP contribution < -0.4 is 5.32 Å². The molecule has 1 N–H and O–H groups in total. The number of ether oxygens (including phenoxy) is 1. The fourth-order valence-corrected chi connectivity index (χ4v) is 1.45. The molecule has 0 heterocycles.